The first-order chi connectivity index (χ1) is 7.99. The first kappa shape index (κ1) is 13.4. The van der Waals surface area contributed by atoms with E-state index in [0.717, 1.165) is 23.9 Å². The van der Waals surface area contributed by atoms with Crippen LogP contribution in [0, 0.1) is 17.3 Å². The lowest BCUT2D eigenvalue weighted by molar-refractivity contribution is 0.219. The fourth-order valence-corrected chi connectivity index (χ4v) is 3.72. The molecule has 1 aliphatic carbocycles. The van der Waals surface area contributed by atoms with Gasteiger partial charge in [0, 0.05) is 12.1 Å². The number of hydrogen-bond acceptors (Lipinski definition) is 1. The molecule has 1 saturated carbocycles. The molecule has 2 rings (SSSR count). The summed E-state index contributed by atoms with van der Waals surface area (Å²) in [6.45, 7) is 9.64. The van der Waals surface area contributed by atoms with Gasteiger partial charge in [-0.3, -0.25) is 0 Å². The topological polar surface area (TPSA) is 12.0 Å². The summed E-state index contributed by atoms with van der Waals surface area (Å²) in [5.41, 5.74) is 0.488. The van der Waals surface area contributed by atoms with Gasteiger partial charge in [-0.2, -0.15) is 0 Å². The Labute approximate surface area is 108 Å². The zero-order chi connectivity index (χ0) is 12.5. The fraction of sp³-hybridized carbons (Fsp3) is 1.00. The second kappa shape index (κ2) is 5.30. The minimum absolute atomic E-state index is 0.488. The van der Waals surface area contributed by atoms with Crippen molar-refractivity contribution in [1.29, 1.82) is 0 Å². The second-order valence-electron chi connectivity index (χ2n) is 7.53. The highest BCUT2D eigenvalue weighted by atomic mass is 15.0. The molecule has 1 heteroatoms. The monoisotopic (exact) mass is 237 g/mol. The molecule has 1 heterocycles. The van der Waals surface area contributed by atoms with Crippen molar-refractivity contribution in [2.24, 2.45) is 17.3 Å². The van der Waals surface area contributed by atoms with E-state index in [2.05, 4.69) is 33.0 Å². The van der Waals surface area contributed by atoms with Gasteiger partial charge in [0.2, 0.25) is 0 Å². The molecule has 1 N–H and O–H groups in total. The van der Waals surface area contributed by atoms with Crippen LogP contribution in [0.25, 0.3) is 0 Å². The van der Waals surface area contributed by atoms with Crippen LogP contribution in [-0.4, -0.2) is 12.1 Å². The van der Waals surface area contributed by atoms with Crippen molar-refractivity contribution in [2.45, 2.75) is 84.7 Å². The van der Waals surface area contributed by atoms with E-state index < -0.39 is 0 Å². The van der Waals surface area contributed by atoms with Crippen LogP contribution in [0.15, 0.2) is 0 Å². The minimum atomic E-state index is 0.488. The van der Waals surface area contributed by atoms with Crippen molar-refractivity contribution in [3.8, 4) is 0 Å². The SMILES string of the molecule is CC(C)CCC(C)(C)C1CC2CCCCC2N1. The highest BCUT2D eigenvalue weighted by molar-refractivity contribution is 4.98. The molecule has 1 saturated heterocycles. The average Bonchev–Trinajstić information content (AvgIpc) is 2.71. The first-order valence-corrected chi connectivity index (χ1v) is 7.75. The number of rotatable bonds is 4. The van der Waals surface area contributed by atoms with E-state index in [-0.39, 0.29) is 0 Å². The van der Waals surface area contributed by atoms with Gasteiger partial charge in [-0.25, -0.2) is 0 Å². The van der Waals surface area contributed by atoms with Gasteiger partial charge in [-0.05, 0) is 42.9 Å². The van der Waals surface area contributed by atoms with Gasteiger partial charge in [-0.15, -0.1) is 0 Å². The van der Waals surface area contributed by atoms with Crippen molar-refractivity contribution < 1.29 is 0 Å². The van der Waals surface area contributed by atoms with E-state index in [4.69, 9.17) is 0 Å². The number of fused-ring (bicyclic) bond motifs is 1. The van der Waals surface area contributed by atoms with Gasteiger partial charge in [0.25, 0.3) is 0 Å². The lowest BCUT2D eigenvalue weighted by Crippen LogP contribution is -2.41. The molecule has 100 valence electrons. The largest absolute Gasteiger partial charge is 0.310 e. The van der Waals surface area contributed by atoms with Gasteiger partial charge in [-0.1, -0.05) is 47.0 Å². The molecule has 0 radical (unpaired) electrons. The molecule has 3 unspecified atom stereocenters. The van der Waals surface area contributed by atoms with Crippen LogP contribution in [-0.2, 0) is 0 Å². The van der Waals surface area contributed by atoms with Crippen molar-refractivity contribution in [2.75, 3.05) is 0 Å². The molecule has 0 aromatic heterocycles. The molecule has 3 atom stereocenters. The molecule has 17 heavy (non-hydrogen) atoms. The van der Waals surface area contributed by atoms with E-state index >= 15 is 0 Å². The quantitative estimate of drug-likeness (QED) is 0.765. The van der Waals surface area contributed by atoms with E-state index in [1.807, 2.05) is 0 Å². The normalized spacial score (nSPS) is 34.1. The predicted octanol–water partition coefficient (Wildman–Crippen LogP) is 4.37. The van der Waals surface area contributed by atoms with Crippen molar-refractivity contribution >= 4 is 0 Å². The third kappa shape index (κ3) is 3.24. The van der Waals surface area contributed by atoms with Gasteiger partial charge < -0.3 is 5.32 Å². The zero-order valence-corrected chi connectivity index (χ0v) is 12.3. The van der Waals surface area contributed by atoms with Crippen molar-refractivity contribution in [1.82, 2.24) is 5.32 Å². The van der Waals surface area contributed by atoms with Crippen LogP contribution in [0.5, 0.6) is 0 Å². The van der Waals surface area contributed by atoms with E-state index in [9.17, 15) is 0 Å². The minimum Gasteiger partial charge on any atom is -0.310 e. The van der Waals surface area contributed by atoms with Crippen molar-refractivity contribution in [3.05, 3.63) is 0 Å². The number of nitrogens with one attached hydrogen (secondary N) is 1. The Kier molecular flexibility index (Phi) is 4.18. The summed E-state index contributed by atoms with van der Waals surface area (Å²) < 4.78 is 0. The van der Waals surface area contributed by atoms with Crippen LogP contribution >= 0.6 is 0 Å². The van der Waals surface area contributed by atoms with E-state index in [1.165, 1.54) is 44.9 Å². The lowest BCUT2D eigenvalue weighted by atomic mass is 9.76. The first-order valence-electron chi connectivity index (χ1n) is 7.75. The third-order valence-corrected chi connectivity index (χ3v) is 5.17. The van der Waals surface area contributed by atoms with Crippen LogP contribution in [0.4, 0.5) is 0 Å². The molecular weight excluding hydrogens is 206 g/mol. The molecular formula is C16H31N. The smallest absolute Gasteiger partial charge is 0.0124 e. The Morgan fingerprint density at radius 2 is 1.88 bits per heavy atom. The maximum atomic E-state index is 3.96. The van der Waals surface area contributed by atoms with E-state index in [0.29, 0.717) is 5.41 Å². The summed E-state index contributed by atoms with van der Waals surface area (Å²) >= 11 is 0. The molecule has 0 aromatic rings. The molecule has 0 aromatic carbocycles. The summed E-state index contributed by atoms with van der Waals surface area (Å²) in [6, 6.07) is 1.63. The Hall–Kier alpha value is -0.0400. The van der Waals surface area contributed by atoms with Crippen LogP contribution < -0.4 is 5.32 Å². The van der Waals surface area contributed by atoms with Gasteiger partial charge in [0.05, 0.1) is 0 Å². The second-order valence-corrected chi connectivity index (χ2v) is 7.53. The van der Waals surface area contributed by atoms with Crippen LogP contribution in [0.1, 0.15) is 72.6 Å². The maximum Gasteiger partial charge on any atom is 0.0124 e. The maximum absolute atomic E-state index is 3.96. The summed E-state index contributed by atoms with van der Waals surface area (Å²) in [6.07, 6.45) is 10.0. The highest BCUT2D eigenvalue weighted by Gasteiger charge is 2.41. The van der Waals surface area contributed by atoms with Gasteiger partial charge in [0.15, 0.2) is 0 Å². The van der Waals surface area contributed by atoms with Crippen molar-refractivity contribution in [3.63, 3.8) is 0 Å². The Balaban J connectivity index is 1.89. The van der Waals surface area contributed by atoms with Crippen LogP contribution in [0.3, 0.4) is 0 Å². The van der Waals surface area contributed by atoms with Crippen LogP contribution in [0.2, 0.25) is 0 Å². The average molecular weight is 237 g/mol. The number of hydrogen-bond donors (Lipinski definition) is 1. The van der Waals surface area contributed by atoms with Gasteiger partial charge >= 0.3 is 0 Å². The standard InChI is InChI=1S/C16H31N/c1-12(2)9-10-16(3,4)15-11-13-7-5-6-8-14(13)17-15/h12-15,17H,5-11H2,1-4H3. The summed E-state index contributed by atoms with van der Waals surface area (Å²) in [5.74, 6) is 1.84. The highest BCUT2D eigenvalue weighted by Crippen LogP contribution is 2.41. The molecule has 0 amide bonds. The Morgan fingerprint density at radius 3 is 2.53 bits per heavy atom. The summed E-state index contributed by atoms with van der Waals surface area (Å²) in [7, 11) is 0. The molecule has 0 bridgehead atoms. The molecule has 2 aliphatic rings. The van der Waals surface area contributed by atoms with Gasteiger partial charge in [0.1, 0.15) is 0 Å². The summed E-state index contributed by atoms with van der Waals surface area (Å²) in [5, 5.41) is 3.96. The third-order valence-electron chi connectivity index (χ3n) is 5.17. The fourth-order valence-electron chi connectivity index (χ4n) is 3.72. The molecule has 0 spiro atoms. The Morgan fingerprint density at radius 1 is 1.18 bits per heavy atom. The summed E-state index contributed by atoms with van der Waals surface area (Å²) in [4.78, 5) is 0. The molecule has 2 fully saturated rings. The predicted molar refractivity (Wildman–Crippen MR) is 75.1 cm³/mol. The molecule has 1 nitrogen and oxygen atoms in total. The zero-order valence-electron chi connectivity index (χ0n) is 12.3. The Bertz CT molecular complexity index is 230. The molecule has 1 aliphatic heterocycles. The lowest BCUT2D eigenvalue weighted by Gasteiger charge is -2.33. The van der Waals surface area contributed by atoms with E-state index in [1.54, 1.807) is 0 Å².